The number of carbonyl (C=O) groups is 1. The number of allylic oxidation sites excluding steroid dienone is 1. The van der Waals surface area contributed by atoms with Gasteiger partial charge in [-0.1, -0.05) is 42.5 Å². The summed E-state index contributed by atoms with van der Waals surface area (Å²) in [5.74, 6) is -1.10. The maximum atomic E-state index is 12.5. The van der Waals surface area contributed by atoms with Crippen LogP contribution in [0.4, 0.5) is 0 Å². The molecule has 0 saturated carbocycles. The van der Waals surface area contributed by atoms with Gasteiger partial charge in [0.15, 0.2) is 0 Å². The van der Waals surface area contributed by atoms with Gasteiger partial charge in [0.05, 0.1) is 0 Å². The Labute approximate surface area is 113 Å². The van der Waals surface area contributed by atoms with E-state index in [0.717, 1.165) is 18.4 Å². The molecule has 2 aliphatic rings. The molecule has 3 heteroatoms. The molecule has 1 fully saturated rings. The monoisotopic (exact) mass is 258 g/mol. The SMILES string of the molecule is CC1(C)OC(=O)C(c2ccccc2)(C2C=CCC2)O1. The Morgan fingerprint density at radius 1 is 1.21 bits per heavy atom. The number of rotatable bonds is 2. The summed E-state index contributed by atoms with van der Waals surface area (Å²) in [6.45, 7) is 3.57. The predicted octanol–water partition coefficient (Wildman–Crippen LogP) is 3.16. The highest BCUT2D eigenvalue weighted by atomic mass is 16.8. The van der Waals surface area contributed by atoms with Crippen LogP contribution >= 0.6 is 0 Å². The van der Waals surface area contributed by atoms with Crippen molar-refractivity contribution in [2.45, 2.75) is 38.1 Å². The van der Waals surface area contributed by atoms with E-state index in [4.69, 9.17) is 9.47 Å². The number of hydrogen-bond acceptors (Lipinski definition) is 3. The lowest BCUT2D eigenvalue weighted by atomic mass is 9.81. The van der Waals surface area contributed by atoms with Crippen LogP contribution in [0.1, 0.15) is 32.3 Å². The van der Waals surface area contributed by atoms with Gasteiger partial charge in [-0.3, -0.25) is 0 Å². The highest BCUT2D eigenvalue weighted by Gasteiger charge is 2.59. The van der Waals surface area contributed by atoms with Gasteiger partial charge in [-0.15, -0.1) is 0 Å². The van der Waals surface area contributed by atoms with E-state index in [9.17, 15) is 4.79 Å². The first kappa shape index (κ1) is 12.4. The molecular weight excluding hydrogens is 240 g/mol. The molecule has 0 N–H and O–H groups in total. The summed E-state index contributed by atoms with van der Waals surface area (Å²) in [5.41, 5.74) is -0.111. The van der Waals surface area contributed by atoms with Gasteiger partial charge in [0.25, 0.3) is 0 Å². The molecule has 3 nitrogen and oxygen atoms in total. The summed E-state index contributed by atoms with van der Waals surface area (Å²) in [5, 5.41) is 0. The normalized spacial score (nSPS) is 32.5. The summed E-state index contributed by atoms with van der Waals surface area (Å²) in [7, 11) is 0. The number of cyclic esters (lactones) is 1. The molecule has 0 bridgehead atoms. The van der Waals surface area contributed by atoms with Gasteiger partial charge in [0, 0.05) is 19.8 Å². The summed E-state index contributed by atoms with van der Waals surface area (Å²) >= 11 is 0. The van der Waals surface area contributed by atoms with Crippen molar-refractivity contribution in [3.05, 3.63) is 48.0 Å². The zero-order chi connectivity index (χ0) is 13.5. The minimum Gasteiger partial charge on any atom is -0.431 e. The number of benzene rings is 1. The third-order valence-corrected chi connectivity index (χ3v) is 3.79. The van der Waals surface area contributed by atoms with Crippen molar-refractivity contribution in [3.63, 3.8) is 0 Å². The quantitative estimate of drug-likeness (QED) is 0.604. The van der Waals surface area contributed by atoms with Gasteiger partial charge < -0.3 is 9.47 Å². The van der Waals surface area contributed by atoms with Crippen LogP contribution in [0.15, 0.2) is 42.5 Å². The van der Waals surface area contributed by atoms with Crippen LogP contribution < -0.4 is 0 Å². The molecule has 19 heavy (non-hydrogen) atoms. The van der Waals surface area contributed by atoms with Crippen LogP contribution in [-0.2, 0) is 19.9 Å². The second-order valence-electron chi connectivity index (χ2n) is 5.61. The topological polar surface area (TPSA) is 35.5 Å². The predicted molar refractivity (Wildman–Crippen MR) is 71.2 cm³/mol. The van der Waals surface area contributed by atoms with Gasteiger partial charge in [0.2, 0.25) is 11.4 Å². The van der Waals surface area contributed by atoms with Crippen LogP contribution in [0, 0.1) is 5.92 Å². The fraction of sp³-hybridized carbons (Fsp3) is 0.438. The van der Waals surface area contributed by atoms with Gasteiger partial charge in [0.1, 0.15) is 0 Å². The van der Waals surface area contributed by atoms with E-state index in [1.165, 1.54) is 0 Å². The summed E-state index contributed by atoms with van der Waals surface area (Å²) in [6.07, 6.45) is 6.09. The van der Waals surface area contributed by atoms with E-state index >= 15 is 0 Å². The molecule has 0 amide bonds. The highest BCUT2D eigenvalue weighted by Crippen LogP contribution is 2.48. The highest BCUT2D eigenvalue weighted by molar-refractivity contribution is 5.84. The van der Waals surface area contributed by atoms with Crippen molar-refractivity contribution in [2.24, 2.45) is 5.92 Å². The van der Waals surface area contributed by atoms with E-state index in [0.29, 0.717) is 0 Å². The van der Waals surface area contributed by atoms with E-state index < -0.39 is 11.4 Å². The van der Waals surface area contributed by atoms with Crippen molar-refractivity contribution in [1.29, 1.82) is 0 Å². The molecule has 1 aliphatic heterocycles. The summed E-state index contributed by atoms with van der Waals surface area (Å²) < 4.78 is 11.5. The molecule has 2 atom stereocenters. The smallest absolute Gasteiger partial charge is 0.346 e. The summed E-state index contributed by atoms with van der Waals surface area (Å²) in [6, 6.07) is 9.67. The lowest BCUT2D eigenvalue weighted by Crippen LogP contribution is -2.40. The van der Waals surface area contributed by atoms with Gasteiger partial charge in [-0.2, -0.15) is 0 Å². The van der Waals surface area contributed by atoms with Crippen LogP contribution in [0.5, 0.6) is 0 Å². The maximum Gasteiger partial charge on any atom is 0.346 e. The lowest BCUT2D eigenvalue weighted by Gasteiger charge is -2.31. The maximum absolute atomic E-state index is 12.5. The van der Waals surface area contributed by atoms with Crippen molar-refractivity contribution in [1.82, 2.24) is 0 Å². The molecule has 0 aromatic heterocycles. The van der Waals surface area contributed by atoms with E-state index in [2.05, 4.69) is 12.2 Å². The van der Waals surface area contributed by atoms with Gasteiger partial charge >= 0.3 is 5.97 Å². The third kappa shape index (κ3) is 1.89. The van der Waals surface area contributed by atoms with E-state index in [1.807, 2.05) is 30.3 Å². The Balaban J connectivity index is 2.11. The first-order valence-electron chi connectivity index (χ1n) is 6.70. The molecule has 100 valence electrons. The van der Waals surface area contributed by atoms with Gasteiger partial charge in [-0.25, -0.2) is 4.79 Å². The van der Waals surface area contributed by atoms with Gasteiger partial charge in [-0.05, 0) is 18.4 Å². The number of carbonyl (C=O) groups excluding carboxylic acids is 1. The Hall–Kier alpha value is -1.61. The minimum atomic E-state index is -0.988. The molecule has 1 saturated heterocycles. The molecule has 3 rings (SSSR count). The zero-order valence-electron chi connectivity index (χ0n) is 11.3. The number of esters is 1. The van der Waals surface area contributed by atoms with Crippen LogP contribution in [0.3, 0.4) is 0 Å². The molecular formula is C16H18O3. The third-order valence-electron chi connectivity index (χ3n) is 3.79. The Morgan fingerprint density at radius 2 is 1.95 bits per heavy atom. The molecule has 1 aliphatic carbocycles. The van der Waals surface area contributed by atoms with Crippen molar-refractivity contribution in [2.75, 3.05) is 0 Å². The van der Waals surface area contributed by atoms with Crippen LogP contribution in [0.2, 0.25) is 0 Å². The van der Waals surface area contributed by atoms with Crippen LogP contribution in [0.25, 0.3) is 0 Å². The molecule has 1 aromatic rings. The Kier molecular flexibility index (Phi) is 2.75. The lowest BCUT2D eigenvalue weighted by molar-refractivity contribution is -0.173. The second kappa shape index (κ2) is 4.20. The zero-order valence-corrected chi connectivity index (χ0v) is 11.3. The van der Waals surface area contributed by atoms with E-state index in [1.54, 1.807) is 13.8 Å². The minimum absolute atomic E-state index is 0.0455. The summed E-state index contributed by atoms with van der Waals surface area (Å²) in [4.78, 5) is 12.5. The molecule has 2 unspecified atom stereocenters. The Bertz CT molecular complexity index is 518. The fourth-order valence-electron chi connectivity index (χ4n) is 3.02. The Morgan fingerprint density at radius 3 is 2.47 bits per heavy atom. The molecule has 1 aromatic carbocycles. The second-order valence-corrected chi connectivity index (χ2v) is 5.61. The van der Waals surface area contributed by atoms with E-state index in [-0.39, 0.29) is 11.9 Å². The molecule has 0 radical (unpaired) electrons. The van der Waals surface area contributed by atoms with Crippen LogP contribution in [-0.4, -0.2) is 11.8 Å². The number of ether oxygens (including phenoxy) is 2. The fourth-order valence-corrected chi connectivity index (χ4v) is 3.02. The van der Waals surface area contributed by atoms with Crippen molar-refractivity contribution < 1.29 is 14.3 Å². The first-order chi connectivity index (χ1) is 9.05. The largest absolute Gasteiger partial charge is 0.431 e. The molecule has 0 spiro atoms. The van der Waals surface area contributed by atoms with Crippen molar-refractivity contribution >= 4 is 5.97 Å². The standard InChI is InChI=1S/C16H18O3/c1-15(2)18-14(17)16(19-15,13-10-6-7-11-13)12-8-4-3-5-9-12/h3-6,8-10,13H,7,11H2,1-2H3. The van der Waals surface area contributed by atoms with Crippen molar-refractivity contribution in [3.8, 4) is 0 Å². The average molecular weight is 258 g/mol. The number of hydrogen-bond donors (Lipinski definition) is 0. The average Bonchev–Trinajstić information content (AvgIpc) is 2.97. The molecule has 1 heterocycles. The first-order valence-corrected chi connectivity index (χ1v) is 6.70.